The number of nitrogens with zero attached hydrogens (tertiary/aromatic N) is 1. The number of fused-ring (bicyclic) bond motifs is 2. The van der Waals surface area contributed by atoms with E-state index in [1.54, 1.807) is 6.20 Å². The largest absolute Gasteiger partial charge is 0.325 e. The van der Waals surface area contributed by atoms with Gasteiger partial charge in [-0.25, -0.2) is 0 Å². The fraction of sp³-hybridized carbons (Fsp3) is 0.125. The maximum absolute atomic E-state index is 12.2. The minimum atomic E-state index is -0.00543. The number of H-pyrrole nitrogens is 1. The Balaban J connectivity index is 1.75. The second kappa shape index (κ2) is 4.70. The Labute approximate surface area is 129 Å². The maximum atomic E-state index is 12.2. The minimum absolute atomic E-state index is 0.00543. The molecule has 1 aromatic heterocycles. The number of allylic oxidation sites excluding steroid dienone is 4. The lowest BCUT2D eigenvalue weighted by Gasteiger charge is -2.15. The standard InChI is InChI=1S/C16H12BrN3O/c17-11-2-4-15-12(7-11)13(16(21)19-15)6-9-1-3-14-10(5-9)8-18-20-14/h1-6,8,12H,7H2,(H,18,20)(H,19,21)/b13-6+. The van der Waals surface area contributed by atoms with Crippen LogP contribution in [0.5, 0.6) is 0 Å². The lowest BCUT2D eigenvalue weighted by Crippen LogP contribution is -2.13. The van der Waals surface area contributed by atoms with Gasteiger partial charge in [0.1, 0.15) is 0 Å². The number of nitrogens with one attached hydrogen (secondary N) is 2. The Bertz CT molecular complexity index is 844. The van der Waals surface area contributed by atoms with Gasteiger partial charge in [-0.1, -0.05) is 28.1 Å². The normalized spacial score (nSPS) is 23.0. The third-order valence-corrected chi connectivity index (χ3v) is 4.49. The molecule has 1 saturated heterocycles. The molecule has 1 amide bonds. The van der Waals surface area contributed by atoms with Crippen LogP contribution in [0.3, 0.4) is 0 Å². The Morgan fingerprint density at radius 2 is 2.24 bits per heavy atom. The zero-order chi connectivity index (χ0) is 14.4. The minimum Gasteiger partial charge on any atom is -0.325 e. The van der Waals surface area contributed by atoms with Gasteiger partial charge in [0, 0.05) is 22.6 Å². The van der Waals surface area contributed by atoms with Crippen molar-refractivity contribution >= 4 is 38.8 Å². The number of aromatic amines is 1. The van der Waals surface area contributed by atoms with E-state index in [0.29, 0.717) is 0 Å². The van der Waals surface area contributed by atoms with Crippen LogP contribution in [-0.4, -0.2) is 16.1 Å². The molecule has 1 unspecified atom stereocenters. The third kappa shape index (κ3) is 2.14. The van der Waals surface area contributed by atoms with E-state index in [9.17, 15) is 4.79 Å². The summed E-state index contributed by atoms with van der Waals surface area (Å²) >= 11 is 3.52. The molecule has 104 valence electrons. The van der Waals surface area contributed by atoms with E-state index in [0.717, 1.165) is 38.6 Å². The smallest absolute Gasteiger partial charge is 0.252 e. The van der Waals surface area contributed by atoms with Crippen LogP contribution in [0.25, 0.3) is 17.0 Å². The molecule has 2 aliphatic rings. The Kier molecular flexibility index (Phi) is 2.82. The van der Waals surface area contributed by atoms with Crippen LogP contribution in [0.1, 0.15) is 12.0 Å². The quantitative estimate of drug-likeness (QED) is 0.782. The van der Waals surface area contributed by atoms with E-state index < -0.39 is 0 Å². The highest BCUT2D eigenvalue weighted by molar-refractivity contribution is 9.11. The molecule has 2 aromatic rings. The average Bonchev–Trinajstić information content (AvgIpc) is 3.04. The van der Waals surface area contributed by atoms with Crippen LogP contribution in [-0.2, 0) is 4.79 Å². The monoisotopic (exact) mass is 341 g/mol. The van der Waals surface area contributed by atoms with Crippen molar-refractivity contribution in [2.75, 3.05) is 0 Å². The summed E-state index contributed by atoms with van der Waals surface area (Å²) in [5.41, 5.74) is 3.81. The van der Waals surface area contributed by atoms with Gasteiger partial charge >= 0.3 is 0 Å². The van der Waals surface area contributed by atoms with Crippen LogP contribution < -0.4 is 5.32 Å². The van der Waals surface area contributed by atoms with Crippen molar-refractivity contribution in [1.29, 1.82) is 0 Å². The van der Waals surface area contributed by atoms with E-state index in [-0.39, 0.29) is 11.8 Å². The number of benzene rings is 1. The number of aromatic nitrogens is 2. The zero-order valence-electron chi connectivity index (χ0n) is 11.1. The van der Waals surface area contributed by atoms with Gasteiger partial charge < -0.3 is 5.32 Å². The molecule has 1 fully saturated rings. The van der Waals surface area contributed by atoms with E-state index in [4.69, 9.17) is 0 Å². The number of hydrogen-bond donors (Lipinski definition) is 2. The number of hydrogen-bond acceptors (Lipinski definition) is 2. The second-order valence-electron chi connectivity index (χ2n) is 5.26. The molecule has 1 aliphatic carbocycles. The first-order valence-corrected chi connectivity index (χ1v) is 7.52. The molecule has 21 heavy (non-hydrogen) atoms. The van der Waals surface area contributed by atoms with Crippen molar-refractivity contribution in [1.82, 2.24) is 15.5 Å². The molecule has 1 atom stereocenters. The van der Waals surface area contributed by atoms with Crippen LogP contribution in [0.4, 0.5) is 0 Å². The summed E-state index contributed by atoms with van der Waals surface area (Å²) in [6.07, 6.45) is 8.55. The molecule has 1 aliphatic heterocycles. The van der Waals surface area contributed by atoms with Crippen LogP contribution in [0, 0.1) is 5.92 Å². The van der Waals surface area contributed by atoms with Crippen molar-refractivity contribution in [3.8, 4) is 0 Å². The van der Waals surface area contributed by atoms with E-state index in [1.807, 2.05) is 36.4 Å². The summed E-state index contributed by atoms with van der Waals surface area (Å²) in [6, 6.07) is 6.01. The summed E-state index contributed by atoms with van der Waals surface area (Å²) < 4.78 is 1.11. The fourth-order valence-corrected chi connectivity index (χ4v) is 3.29. The first kappa shape index (κ1) is 12.6. The van der Waals surface area contributed by atoms with Gasteiger partial charge in [0.15, 0.2) is 0 Å². The summed E-state index contributed by atoms with van der Waals surface area (Å²) in [6.45, 7) is 0. The number of carbonyl (C=O) groups is 1. The molecule has 1 aromatic carbocycles. The summed E-state index contributed by atoms with van der Waals surface area (Å²) in [5.74, 6) is 0.117. The lowest BCUT2D eigenvalue weighted by atomic mass is 9.91. The number of rotatable bonds is 1. The average molecular weight is 342 g/mol. The van der Waals surface area contributed by atoms with Crippen molar-refractivity contribution in [3.05, 3.63) is 57.9 Å². The van der Waals surface area contributed by atoms with E-state index >= 15 is 0 Å². The summed E-state index contributed by atoms with van der Waals surface area (Å²) in [5, 5.41) is 10.9. The van der Waals surface area contributed by atoms with Crippen molar-refractivity contribution in [3.63, 3.8) is 0 Å². The molecule has 0 radical (unpaired) electrons. The van der Waals surface area contributed by atoms with Gasteiger partial charge in [-0.2, -0.15) is 5.10 Å². The molecular weight excluding hydrogens is 330 g/mol. The molecule has 4 rings (SSSR count). The lowest BCUT2D eigenvalue weighted by molar-refractivity contribution is -0.115. The van der Waals surface area contributed by atoms with Crippen molar-refractivity contribution in [2.45, 2.75) is 6.42 Å². The van der Waals surface area contributed by atoms with Crippen molar-refractivity contribution in [2.24, 2.45) is 5.92 Å². The van der Waals surface area contributed by atoms with Crippen LogP contribution >= 0.6 is 15.9 Å². The molecule has 2 N–H and O–H groups in total. The van der Waals surface area contributed by atoms with Crippen LogP contribution in [0.2, 0.25) is 0 Å². The Hall–Kier alpha value is -2.14. The van der Waals surface area contributed by atoms with E-state index in [2.05, 4.69) is 31.4 Å². The van der Waals surface area contributed by atoms with Gasteiger partial charge in [-0.15, -0.1) is 0 Å². The Morgan fingerprint density at radius 1 is 1.33 bits per heavy atom. The summed E-state index contributed by atoms with van der Waals surface area (Å²) in [7, 11) is 0. The number of halogens is 1. The van der Waals surface area contributed by atoms with Gasteiger partial charge in [0.2, 0.25) is 0 Å². The van der Waals surface area contributed by atoms with Gasteiger partial charge in [-0.05, 0) is 40.8 Å². The maximum Gasteiger partial charge on any atom is 0.252 e. The molecule has 4 nitrogen and oxygen atoms in total. The zero-order valence-corrected chi connectivity index (χ0v) is 12.6. The first-order valence-electron chi connectivity index (χ1n) is 6.73. The number of carbonyl (C=O) groups excluding carboxylic acids is 1. The molecule has 2 heterocycles. The summed E-state index contributed by atoms with van der Waals surface area (Å²) in [4.78, 5) is 12.2. The molecule has 0 bridgehead atoms. The first-order chi connectivity index (χ1) is 10.2. The number of amides is 1. The van der Waals surface area contributed by atoms with Gasteiger partial charge in [0.25, 0.3) is 5.91 Å². The van der Waals surface area contributed by atoms with Gasteiger partial charge in [0.05, 0.1) is 11.7 Å². The van der Waals surface area contributed by atoms with Crippen LogP contribution in [0.15, 0.2) is 52.3 Å². The van der Waals surface area contributed by atoms with Crippen molar-refractivity contribution < 1.29 is 4.79 Å². The predicted molar refractivity (Wildman–Crippen MR) is 85.4 cm³/mol. The predicted octanol–water partition coefficient (Wildman–Crippen LogP) is 3.26. The highest BCUT2D eigenvalue weighted by Gasteiger charge is 2.34. The molecule has 0 spiro atoms. The van der Waals surface area contributed by atoms with E-state index in [1.165, 1.54) is 0 Å². The van der Waals surface area contributed by atoms with Gasteiger partial charge in [-0.3, -0.25) is 9.89 Å². The third-order valence-electron chi connectivity index (χ3n) is 3.90. The molecule has 5 heteroatoms. The highest BCUT2D eigenvalue weighted by Crippen LogP contribution is 2.37. The Morgan fingerprint density at radius 3 is 3.14 bits per heavy atom. The second-order valence-corrected chi connectivity index (χ2v) is 6.28. The molecule has 0 saturated carbocycles. The topological polar surface area (TPSA) is 57.8 Å². The SMILES string of the molecule is O=C1NC2=CC=C(Br)CC2/C1=C\c1ccc2[nH]ncc2c1. The molecular formula is C16H12BrN3O. The fourth-order valence-electron chi connectivity index (χ4n) is 2.83. The highest BCUT2D eigenvalue weighted by atomic mass is 79.9.